The van der Waals surface area contributed by atoms with Crippen LogP contribution in [0.15, 0.2) is 71.2 Å². The Morgan fingerprint density at radius 3 is 2.81 bits per heavy atom. The van der Waals surface area contributed by atoms with E-state index in [2.05, 4.69) is 86.3 Å². The minimum atomic E-state index is 0.186. The molecule has 32 heavy (non-hydrogen) atoms. The summed E-state index contributed by atoms with van der Waals surface area (Å²) < 4.78 is 14.0. The molecule has 0 radical (unpaired) electrons. The van der Waals surface area contributed by atoms with Crippen LogP contribution < -0.4 is 14.8 Å². The monoisotopic (exact) mass is 621 g/mol. The molecule has 2 aliphatic rings. The molecule has 5 rings (SSSR count). The average molecular weight is 623 g/mol. The summed E-state index contributed by atoms with van der Waals surface area (Å²) in [6.07, 6.45) is 5.73. The zero-order valence-electron chi connectivity index (χ0n) is 17.4. The summed E-state index contributed by atoms with van der Waals surface area (Å²) in [6, 6.07) is 18.8. The number of benzene rings is 3. The van der Waals surface area contributed by atoms with E-state index in [1.807, 2.05) is 24.3 Å². The number of rotatable bonds is 5. The summed E-state index contributed by atoms with van der Waals surface area (Å²) in [5.41, 5.74) is 4.71. The molecule has 1 aliphatic carbocycles. The summed E-state index contributed by atoms with van der Waals surface area (Å²) in [6.45, 7) is 0.371. The Morgan fingerprint density at radius 1 is 1.16 bits per heavy atom. The van der Waals surface area contributed by atoms with Crippen LogP contribution in [0, 0.1) is 9.49 Å². The summed E-state index contributed by atoms with van der Waals surface area (Å²) >= 11 is 12.4. The van der Waals surface area contributed by atoms with E-state index in [1.165, 1.54) is 20.4 Å². The van der Waals surface area contributed by atoms with Gasteiger partial charge in [-0.25, -0.2) is 0 Å². The van der Waals surface area contributed by atoms with Crippen LogP contribution in [-0.2, 0) is 6.61 Å². The number of nitrogens with one attached hydrogen (secondary N) is 1. The molecule has 0 amide bonds. The molecule has 164 valence electrons. The zero-order valence-corrected chi connectivity index (χ0v) is 21.9. The molecule has 6 heteroatoms. The van der Waals surface area contributed by atoms with Gasteiger partial charge in [-0.2, -0.15) is 0 Å². The number of fused-ring (bicyclic) bond motifs is 3. The summed E-state index contributed by atoms with van der Waals surface area (Å²) in [4.78, 5) is 0. The molecule has 0 spiro atoms. The van der Waals surface area contributed by atoms with E-state index in [1.54, 1.807) is 7.11 Å². The quantitative estimate of drug-likeness (QED) is 0.230. The van der Waals surface area contributed by atoms with E-state index in [9.17, 15) is 0 Å². The molecule has 3 atom stereocenters. The maximum Gasteiger partial charge on any atom is 0.175 e. The van der Waals surface area contributed by atoms with Crippen LogP contribution in [-0.4, -0.2) is 7.11 Å². The molecule has 0 unspecified atom stereocenters. The molecule has 0 saturated carbocycles. The van der Waals surface area contributed by atoms with Crippen LogP contribution in [0.3, 0.4) is 0 Å². The van der Waals surface area contributed by atoms with Gasteiger partial charge in [0.05, 0.1) is 17.6 Å². The van der Waals surface area contributed by atoms with Crippen molar-refractivity contribution in [2.24, 2.45) is 5.92 Å². The van der Waals surface area contributed by atoms with Crippen molar-refractivity contribution in [1.82, 2.24) is 0 Å². The lowest BCUT2D eigenvalue weighted by Crippen LogP contribution is -2.29. The molecule has 0 bridgehead atoms. The molecule has 0 fully saturated rings. The number of hydrogen-bond acceptors (Lipinski definition) is 3. The smallest absolute Gasteiger partial charge is 0.175 e. The van der Waals surface area contributed by atoms with E-state index in [0.29, 0.717) is 35.0 Å². The fraction of sp³-hybridized carbons (Fsp3) is 0.231. The Morgan fingerprint density at radius 2 is 2.00 bits per heavy atom. The Labute approximate surface area is 215 Å². The second-order valence-electron chi connectivity index (χ2n) is 8.12. The molecule has 1 N–H and O–H groups in total. The van der Waals surface area contributed by atoms with Gasteiger partial charge in [0.25, 0.3) is 0 Å². The van der Waals surface area contributed by atoms with Crippen molar-refractivity contribution in [2.75, 3.05) is 12.4 Å². The summed E-state index contributed by atoms with van der Waals surface area (Å²) in [5.74, 6) is 2.28. The standard InChI is InChI=1S/C26H22BrClINO2/c1-31-24-12-16(11-21(27)26(24)32-14-15-5-2-3-8-22(15)28)25-19-7-4-6-18(19)20-13-17(29)9-10-23(20)30-25/h2-6,8-13,18-19,25,30H,7,14H2,1H3/t18-,19+,25+/m1/s1. The van der Waals surface area contributed by atoms with Crippen LogP contribution >= 0.6 is 50.1 Å². The molecular weight excluding hydrogens is 601 g/mol. The number of anilines is 1. The second kappa shape index (κ2) is 9.27. The highest BCUT2D eigenvalue weighted by atomic mass is 127. The minimum absolute atomic E-state index is 0.186. The number of halogens is 3. The highest BCUT2D eigenvalue weighted by Gasteiger charge is 2.38. The normalized spacial score (nSPS) is 20.9. The van der Waals surface area contributed by atoms with Crippen molar-refractivity contribution in [2.45, 2.75) is 25.0 Å². The largest absolute Gasteiger partial charge is 0.493 e. The minimum Gasteiger partial charge on any atom is -0.493 e. The number of allylic oxidation sites excluding steroid dienone is 2. The first-order valence-electron chi connectivity index (χ1n) is 10.5. The maximum atomic E-state index is 6.30. The van der Waals surface area contributed by atoms with E-state index < -0.39 is 0 Å². The molecule has 3 nitrogen and oxygen atoms in total. The van der Waals surface area contributed by atoms with Gasteiger partial charge in [-0.1, -0.05) is 42.0 Å². The van der Waals surface area contributed by atoms with Gasteiger partial charge in [0, 0.05) is 25.8 Å². The SMILES string of the molecule is COc1cc([C@@H]2Nc3ccc(I)cc3[C@@H]3C=CC[C@@H]32)cc(Br)c1OCc1ccccc1Cl. The van der Waals surface area contributed by atoms with Gasteiger partial charge in [0.1, 0.15) is 6.61 Å². The Balaban J connectivity index is 1.46. The maximum absolute atomic E-state index is 6.30. The van der Waals surface area contributed by atoms with Crippen molar-refractivity contribution < 1.29 is 9.47 Å². The van der Waals surface area contributed by atoms with Crippen molar-refractivity contribution in [1.29, 1.82) is 0 Å². The van der Waals surface area contributed by atoms with Gasteiger partial charge >= 0.3 is 0 Å². The predicted octanol–water partition coefficient (Wildman–Crippen LogP) is 8.12. The lowest BCUT2D eigenvalue weighted by molar-refractivity contribution is 0.282. The topological polar surface area (TPSA) is 30.5 Å². The highest BCUT2D eigenvalue weighted by Crippen LogP contribution is 2.51. The number of methoxy groups -OCH3 is 1. The van der Waals surface area contributed by atoms with Gasteiger partial charge in [-0.3, -0.25) is 0 Å². The van der Waals surface area contributed by atoms with Gasteiger partial charge in [-0.05, 0) is 98.4 Å². The third-order valence-electron chi connectivity index (χ3n) is 6.27. The van der Waals surface area contributed by atoms with Gasteiger partial charge in [-0.15, -0.1) is 0 Å². The predicted molar refractivity (Wildman–Crippen MR) is 142 cm³/mol. The van der Waals surface area contributed by atoms with Gasteiger partial charge in [0.15, 0.2) is 11.5 Å². The van der Waals surface area contributed by atoms with E-state index >= 15 is 0 Å². The lowest BCUT2D eigenvalue weighted by atomic mass is 9.77. The van der Waals surface area contributed by atoms with Crippen LogP contribution in [0.5, 0.6) is 11.5 Å². The molecule has 0 saturated heterocycles. The number of ether oxygens (including phenoxy) is 2. The first-order chi connectivity index (χ1) is 15.5. The summed E-state index contributed by atoms with van der Waals surface area (Å²) in [7, 11) is 1.68. The van der Waals surface area contributed by atoms with E-state index in [4.69, 9.17) is 21.1 Å². The van der Waals surface area contributed by atoms with Crippen molar-refractivity contribution in [3.63, 3.8) is 0 Å². The van der Waals surface area contributed by atoms with E-state index in [-0.39, 0.29) is 6.04 Å². The lowest BCUT2D eigenvalue weighted by Gasteiger charge is -2.38. The van der Waals surface area contributed by atoms with E-state index in [0.717, 1.165) is 16.5 Å². The van der Waals surface area contributed by atoms with Crippen LogP contribution in [0.25, 0.3) is 0 Å². The van der Waals surface area contributed by atoms with Gasteiger partial charge in [0.2, 0.25) is 0 Å². The highest BCUT2D eigenvalue weighted by molar-refractivity contribution is 14.1. The second-order valence-corrected chi connectivity index (χ2v) is 10.6. The van der Waals surface area contributed by atoms with Crippen LogP contribution in [0.2, 0.25) is 5.02 Å². The summed E-state index contributed by atoms with van der Waals surface area (Å²) in [5, 5.41) is 4.49. The Kier molecular flexibility index (Phi) is 6.41. The first-order valence-corrected chi connectivity index (χ1v) is 12.8. The molecular formula is C26H22BrClINO2. The third kappa shape index (κ3) is 4.15. The zero-order chi connectivity index (χ0) is 22.2. The Bertz CT molecular complexity index is 1200. The number of hydrogen-bond donors (Lipinski definition) is 1. The van der Waals surface area contributed by atoms with Gasteiger partial charge < -0.3 is 14.8 Å². The third-order valence-corrected chi connectivity index (χ3v) is 7.89. The first kappa shape index (κ1) is 22.1. The van der Waals surface area contributed by atoms with Crippen molar-refractivity contribution in [3.05, 3.63) is 96.5 Å². The molecule has 0 aromatic heterocycles. The van der Waals surface area contributed by atoms with Crippen LogP contribution in [0.4, 0.5) is 5.69 Å². The average Bonchev–Trinajstić information content (AvgIpc) is 3.29. The van der Waals surface area contributed by atoms with Crippen LogP contribution in [0.1, 0.15) is 35.1 Å². The molecule has 3 aromatic carbocycles. The van der Waals surface area contributed by atoms with Crippen molar-refractivity contribution in [3.8, 4) is 11.5 Å². The molecule has 1 aliphatic heterocycles. The fourth-order valence-electron chi connectivity index (χ4n) is 4.72. The molecule has 1 heterocycles. The Hall–Kier alpha value is -1.70. The fourth-order valence-corrected chi connectivity index (χ4v) is 6.00. The molecule has 3 aromatic rings. The van der Waals surface area contributed by atoms with Crippen molar-refractivity contribution >= 4 is 55.8 Å².